The van der Waals surface area contributed by atoms with Crippen LogP contribution in [0.4, 0.5) is 0 Å². The first-order valence-electron chi connectivity index (χ1n) is 6.87. The maximum Gasteiger partial charge on any atom is 0.313 e. The van der Waals surface area contributed by atoms with E-state index in [1.165, 1.54) is 12.7 Å². The third-order valence-corrected chi connectivity index (χ3v) is 3.59. The first kappa shape index (κ1) is 15.7. The molecule has 106 valence electrons. The molecule has 0 amide bonds. The molecule has 0 heterocycles. The van der Waals surface area contributed by atoms with Gasteiger partial charge < -0.3 is 4.74 Å². The lowest BCUT2D eigenvalue weighted by Gasteiger charge is -2.24. The summed E-state index contributed by atoms with van der Waals surface area (Å²) in [6.45, 7) is 12.8. The van der Waals surface area contributed by atoms with Crippen molar-refractivity contribution in [3.8, 4) is 0 Å². The van der Waals surface area contributed by atoms with E-state index in [2.05, 4.69) is 59.7 Å². The van der Waals surface area contributed by atoms with Crippen molar-refractivity contribution in [3.63, 3.8) is 0 Å². The van der Waals surface area contributed by atoms with E-state index in [9.17, 15) is 4.79 Å². The fraction of sp³-hybridized carbons (Fsp3) is 0.588. The highest BCUT2D eigenvalue weighted by Gasteiger charge is 2.27. The summed E-state index contributed by atoms with van der Waals surface area (Å²) in [5.74, 6) is -0.104. The number of benzene rings is 1. The van der Waals surface area contributed by atoms with Crippen molar-refractivity contribution < 1.29 is 9.53 Å². The Labute approximate surface area is 117 Å². The molecule has 0 spiro atoms. The Kier molecular flexibility index (Phi) is 4.78. The largest absolute Gasteiger partial charge is 0.469 e. The molecule has 1 aromatic rings. The van der Waals surface area contributed by atoms with Crippen LogP contribution in [0.25, 0.3) is 0 Å². The third kappa shape index (κ3) is 3.59. The summed E-state index contributed by atoms with van der Waals surface area (Å²) in [5.41, 5.74) is 3.66. The standard InChI is InChI=1S/C17H26O2/c1-11(2)15(16(18)19-7)14-9-8-13(10-12(14)3)17(4,5)6/h8-11,15H,1-7H3. The van der Waals surface area contributed by atoms with Crippen molar-refractivity contribution in [2.45, 2.75) is 52.9 Å². The van der Waals surface area contributed by atoms with Crippen LogP contribution in [0.15, 0.2) is 18.2 Å². The normalized spacial score (nSPS) is 13.5. The van der Waals surface area contributed by atoms with Gasteiger partial charge in [-0.05, 0) is 34.9 Å². The van der Waals surface area contributed by atoms with E-state index in [4.69, 9.17) is 4.74 Å². The van der Waals surface area contributed by atoms with E-state index in [1.807, 2.05) is 0 Å². The van der Waals surface area contributed by atoms with Gasteiger partial charge in [-0.1, -0.05) is 52.8 Å². The van der Waals surface area contributed by atoms with Gasteiger partial charge in [-0.15, -0.1) is 0 Å². The highest BCUT2D eigenvalue weighted by atomic mass is 16.5. The van der Waals surface area contributed by atoms with Gasteiger partial charge in [-0.3, -0.25) is 4.79 Å². The summed E-state index contributed by atoms with van der Waals surface area (Å²) in [6.07, 6.45) is 0. The third-order valence-electron chi connectivity index (χ3n) is 3.59. The van der Waals surface area contributed by atoms with Crippen molar-refractivity contribution in [3.05, 3.63) is 34.9 Å². The molecule has 0 fully saturated rings. The van der Waals surface area contributed by atoms with Gasteiger partial charge in [-0.2, -0.15) is 0 Å². The summed E-state index contributed by atoms with van der Waals surface area (Å²) in [6, 6.07) is 6.39. The van der Waals surface area contributed by atoms with E-state index < -0.39 is 0 Å². The Morgan fingerprint density at radius 2 is 1.79 bits per heavy atom. The molecular formula is C17H26O2. The molecule has 0 aliphatic carbocycles. The number of carbonyl (C=O) groups excluding carboxylic acids is 1. The van der Waals surface area contributed by atoms with Crippen LogP contribution in [-0.4, -0.2) is 13.1 Å². The molecule has 1 atom stereocenters. The molecule has 1 aromatic carbocycles. The van der Waals surface area contributed by atoms with Crippen LogP contribution in [0.2, 0.25) is 0 Å². The quantitative estimate of drug-likeness (QED) is 0.763. The van der Waals surface area contributed by atoms with E-state index in [0.717, 1.165) is 11.1 Å². The number of aryl methyl sites for hydroxylation is 1. The lowest BCUT2D eigenvalue weighted by Crippen LogP contribution is -2.21. The Hall–Kier alpha value is -1.31. The fourth-order valence-electron chi connectivity index (χ4n) is 2.38. The van der Waals surface area contributed by atoms with Crippen molar-refractivity contribution in [1.29, 1.82) is 0 Å². The topological polar surface area (TPSA) is 26.3 Å². The average Bonchev–Trinajstić information content (AvgIpc) is 2.29. The van der Waals surface area contributed by atoms with Crippen LogP contribution in [-0.2, 0) is 14.9 Å². The van der Waals surface area contributed by atoms with E-state index in [-0.39, 0.29) is 23.2 Å². The van der Waals surface area contributed by atoms with Crippen LogP contribution in [0, 0.1) is 12.8 Å². The molecule has 0 saturated heterocycles. The van der Waals surface area contributed by atoms with Crippen LogP contribution in [0.5, 0.6) is 0 Å². The maximum absolute atomic E-state index is 12.0. The van der Waals surface area contributed by atoms with Crippen LogP contribution in [0.3, 0.4) is 0 Å². The number of hydrogen-bond acceptors (Lipinski definition) is 2. The zero-order chi connectivity index (χ0) is 14.8. The highest BCUT2D eigenvalue weighted by molar-refractivity contribution is 5.79. The Bertz CT molecular complexity index is 453. The summed E-state index contributed by atoms with van der Waals surface area (Å²) >= 11 is 0. The molecule has 0 aromatic heterocycles. The van der Waals surface area contributed by atoms with Gasteiger partial charge in [0.25, 0.3) is 0 Å². The molecule has 2 heteroatoms. The predicted molar refractivity (Wildman–Crippen MR) is 79.5 cm³/mol. The van der Waals surface area contributed by atoms with Gasteiger partial charge in [0.15, 0.2) is 0 Å². The lowest BCUT2D eigenvalue weighted by atomic mass is 9.81. The smallest absolute Gasteiger partial charge is 0.313 e. The number of carbonyl (C=O) groups is 1. The van der Waals surface area contributed by atoms with Crippen LogP contribution >= 0.6 is 0 Å². The minimum Gasteiger partial charge on any atom is -0.469 e. The maximum atomic E-state index is 12.0. The molecular weight excluding hydrogens is 236 g/mol. The van der Waals surface area contributed by atoms with Gasteiger partial charge in [0.2, 0.25) is 0 Å². The highest BCUT2D eigenvalue weighted by Crippen LogP contribution is 2.31. The number of rotatable bonds is 3. The first-order valence-corrected chi connectivity index (χ1v) is 6.87. The average molecular weight is 262 g/mol. The van der Waals surface area contributed by atoms with E-state index in [1.54, 1.807) is 0 Å². The van der Waals surface area contributed by atoms with Gasteiger partial charge in [0, 0.05) is 0 Å². The predicted octanol–water partition coefficient (Wildman–Crippen LogP) is 4.21. The zero-order valence-corrected chi connectivity index (χ0v) is 13.2. The molecule has 1 unspecified atom stereocenters. The Morgan fingerprint density at radius 1 is 1.21 bits per heavy atom. The number of ether oxygens (including phenoxy) is 1. The van der Waals surface area contributed by atoms with Crippen LogP contribution in [0.1, 0.15) is 57.2 Å². The second kappa shape index (κ2) is 5.77. The van der Waals surface area contributed by atoms with Gasteiger partial charge >= 0.3 is 5.97 Å². The van der Waals surface area contributed by atoms with E-state index >= 15 is 0 Å². The second-order valence-electron chi connectivity index (χ2n) is 6.57. The zero-order valence-electron chi connectivity index (χ0n) is 13.2. The van der Waals surface area contributed by atoms with Crippen molar-refractivity contribution in [1.82, 2.24) is 0 Å². The second-order valence-corrected chi connectivity index (χ2v) is 6.57. The van der Waals surface area contributed by atoms with Gasteiger partial charge in [0.05, 0.1) is 13.0 Å². The summed E-state index contributed by atoms with van der Waals surface area (Å²) in [4.78, 5) is 12.0. The molecule has 0 saturated carbocycles. The Morgan fingerprint density at radius 3 is 2.16 bits per heavy atom. The first-order chi connectivity index (χ1) is 8.68. The van der Waals surface area contributed by atoms with Gasteiger partial charge in [0.1, 0.15) is 0 Å². The molecule has 0 aliphatic rings. The van der Waals surface area contributed by atoms with E-state index in [0.29, 0.717) is 0 Å². The van der Waals surface area contributed by atoms with Crippen LogP contribution < -0.4 is 0 Å². The van der Waals surface area contributed by atoms with Crippen molar-refractivity contribution >= 4 is 5.97 Å². The Balaban J connectivity index is 3.24. The molecule has 0 radical (unpaired) electrons. The van der Waals surface area contributed by atoms with Crippen molar-refractivity contribution in [2.24, 2.45) is 5.92 Å². The molecule has 19 heavy (non-hydrogen) atoms. The summed E-state index contributed by atoms with van der Waals surface area (Å²) in [7, 11) is 1.45. The summed E-state index contributed by atoms with van der Waals surface area (Å²) in [5, 5.41) is 0. The molecule has 0 N–H and O–H groups in total. The molecule has 1 rings (SSSR count). The number of hydrogen-bond donors (Lipinski definition) is 0. The van der Waals surface area contributed by atoms with Crippen molar-refractivity contribution in [2.75, 3.05) is 7.11 Å². The fourth-order valence-corrected chi connectivity index (χ4v) is 2.38. The SMILES string of the molecule is COC(=O)C(c1ccc(C(C)(C)C)cc1C)C(C)C. The minimum absolute atomic E-state index is 0.127. The lowest BCUT2D eigenvalue weighted by molar-refractivity contribution is -0.143. The molecule has 0 aliphatic heterocycles. The summed E-state index contributed by atoms with van der Waals surface area (Å²) < 4.78 is 4.94. The monoisotopic (exact) mass is 262 g/mol. The number of esters is 1. The molecule has 2 nitrogen and oxygen atoms in total. The number of methoxy groups -OCH3 is 1. The van der Waals surface area contributed by atoms with Gasteiger partial charge in [-0.25, -0.2) is 0 Å². The molecule has 0 bridgehead atoms. The minimum atomic E-state index is -0.181.